The third-order valence-corrected chi connectivity index (χ3v) is 5.89. The van der Waals surface area contributed by atoms with Crippen molar-refractivity contribution in [3.05, 3.63) is 29.8 Å². The molecule has 28 heavy (non-hydrogen) atoms. The molecule has 2 aliphatic rings. The number of hydrogen-bond donors (Lipinski definition) is 2. The lowest BCUT2D eigenvalue weighted by Crippen LogP contribution is -2.43. The first-order valence-electron chi connectivity index (χ1n) is 10.8. The molecule has 1 unspecified atom stereocenters. The second kappa shape index (κ2) is 11.3. The molecular formula is C22H37N5O. The van der Waals surface area contributed by atoms with Gasteiger partial charge in [0.25, 0.3) is 0 Å². The summed E-state index contributed by atoms with van der Waals surface area (Å²) < 4.78 is 5.44. The van der Waals surface area contributed by atoms with E-state index in [-0.39, 0.29) is 0 Å². The highest BCUT2D eigenvalue weighted by molar-refractivity contribution is 5.79. The van der Waals surface area contributed by atoms with E-state index in [4.69, 9.17) is 4.74 Å². The van der Waals surface area contributed by atoms with Gasteiger partial charge in [-0.25, -0.2) is 0 Å². The number of ether oxygens (including phenoxy) is 1. The third-order valence-electron chi connectivity index (χ3n) is 5.89. The minimum Gasteiger partial charge on any atom is -0.497 e. The summed E-state index contributed by atoms with van der Waals surface area (Å²) in [6.45, 7) is 7.85. The third kappa shape index (κ3) is 6.11. The lowest BCUT2D eigenvalue weighted by atomic mass is 10.1. The minimum atomic E-state index is 0.334. The Kier molecular flexibility index (Phi) is 8.42. The van der Waals surface area contributed by atoms with Gasteiger partial charge in [-0.2, -0.15) is 0 Å². The van der Waals surface area contributed by atoms with Crippen LogP contribution < -0.4 is 15.4 Å². The first kappa shape index (κ1) is 20.9. The van der Waals surface area contributed by atoms with Gasteiger partial charge in [0.1, 0.15) is 5.75 Å². The molecule has 2 heterocycles. The van der Waals surface area contributed by atoms with Crippen molar-refractivity contribution in [3.63, 3.8) is 0 Å². The molecule has 2 fully saturated rings. The highest BCUT2D eigenvalue weighted by Gasteiger charge is 2.24. The van der Waals surface area contributed by atoms with Crippen LogP contribution in [0, 0.1) is 0 Å². The summed E-state index contributed by atoms with van der Waals surface area (Å²) in [5.74, 6) is 1.82. The van der Waals surface area contributed by atoms with E-state index in [0.717, 1.165) is 44.3 Å². The summed E-state index contributed by atoms with van der Waals surface area (Å²) in [5.41, 5.74) is 1.30. The Morgan fingerprint density at radius 2 is 1.86 bits per heavy atom. The second-order valence-corrected chi connectivity index (χ2v) is 7.82. The molecule has 0 bridgehead atoms. The predicted molar refractivity (Wildman–Crippen MR) is 116 cm³/mol. The van der Waals surface area contributed by atoms with Crippen LogP contribution in [0.15, 0.2) is 29.3 Å². The van der Waals surface area contributed by atoms with Gasteiger partial charge >= 0.3 is 0 Å². The van der Waals surface area contributed by atoms with Gasteiger partial charge in [0, 0.05) is 20.1 Å². The van der Waals surface area contributed by atoms with E-state index >= 15 is 0 Å². The van der Waals surface area contributed by atoms with E-state index in [0.29, 0.717) is 6.04 Å². The standard InChI is InChI=1S/C22H37N5O/c1-23-22(24-11-8-14-26-12-3-4-13-26)25-18-21(27-15-5-6-16-27)19-9-7-10-20(17-19)28-2/h7,9-10,17,21H,3-6,8,11-16,18H2,1-2H3,(H2,23,24,25). The fourth-order valence-corrected chi connectivity index (χ4v) is 4.29. The highest BCUT2D eigenvalue weighted by atomic mass is 16.5. The average molecular weight is 388 g/mol. The molecule has 0 aromatic heterocycles. The van der Waals surface area contributed by atoms with Crippen molar-refractivity contribution >= 4 is 5.96 Å². The van der Waals surface area contributed by atoms with Gasteiger partial charge < -0.3 is 20.3 Å². The number of guanidine groups is 1. The van der Waals surface area contributed by atoms with E-state index in [1.165, 1.54) is 50.9 Å². The summed E-state index contributed by atoms with van der Waals surface area (Å²) in [7, 11) is 3.59. The van der Waals surface area contributed by atoms with Crippen molar-refractivity contribution in [2.75, 3.05) is 60.0 Å². The van der Waals surface area contributed by atoms with Crippen LogP contribution in [0.2, 0.25) is 0 Å². The molecule has 2 aliphatic heterocycles. The number of methoxy groups -OCH3 is 1. The molecule has 6 nitrogen and oxygen atoms in total. The van der Waals surface area contributed by atoms with Gasteiger partial charge in [0.15, 0.2) is 5.96 Å². The predicted octanol–water partition coefficient (Wildman–Crippen LogP) is 2.48. The molecule has 0 saturated carbocycles. The lowest BCUT2D eigenvalue weighted by molar-refractivity contribution is 0.245. The summed E-state index contributed by atoms with van der Waals surface area (Å²) >= 11 is 0. The van der Waals surface area contributed by atoms with E-state index in [1.807, 2.05) is 13.1 Å². The van der Waals surface area contributed by atoms with E-state index in [1.54, 1.807) is 7.11 Å². The summed E-state index contributed by atoms with van der Waals surface area (Å²) in [5, 5.41) is 7.04. The van der Waals surface area contributed by atoms with Crippen molar-refractivity contribution < 1.29 is 4.74 Å². The van der Waals surface area contributed by atoms with Gasteiger partial charge in [0.2, 0.25) is 0 Å². The Bertz CT molecular complexity index is 609. The topological polar surface area (TPSA) is 52.1 Å². The van der Waals surface area contributed by atoms with Crippen molar-refractivity contribution in [1.29, 1.82) is 0 Å². The smallest absolute Gasteiger partial charge is 0.191 e. The maximum absolute atomic E-state index is 5.44. The molecule has 0 radical (unpaired) electrons. The Morgan fingerprint density at radius 1 is 1.11 bits per heavy atom. The molecule has 2 saturated heterocycles. The largest absolute Gasteiger partial charge is 0.497 e. The Morgan fingerprint density at radius 3 is 2.57 bits per heavy atom. The van der Waals surface area contributed by atoms with Crippen LogP contribution in [-0.4, -0.2) is 75.7 Å². The first-order valence-corrected chi connectivity index (χ1v) is 10.8. The summed E-state index contributed by atoms with van der Waals surface area (Å²) in [6.07, 6.45) is 6.44. The van der Waals surface area contributed by atoms with Crippen molar-refractivity contribution in [1.82, 2.24) is 20.4 Å². The van der Waals surface area contributed by atoms with Gasteiger partial charge in [-0.15, -0.1) is 0 Å². The SMILES string of the molecule is CN=C(NCCCN1CCCC1)NCC(c1cccc(OC)c1)N1CCCC1. The van der Waals surface area contributed by atoms with Gasteiger partial charge in [-0.3, -0.25) is 9.89 Å². The zero-order valence-corrected chi connectivity index (χ0v) is 17.6. The normalized spacial score (nSPS) is 19.7. The zero-order chi connectivity index (χ0) is 19.6. The number of hydrogen-bond acceptors (Lipinski definition) is 4. The molecule has 1 atom stereocenters. The number of likely N-dealkylation sites (tertiary alicyclic amines) is 2. The molecule has 3 rings (SSSR count). The molecular weight excluding hydrogens is 350 g/mol. The molecule has 1 aromatic carbocycles. The van der Waals surface area contributed by atoms with Crippen LogP contribution in [0.5, 0.6) is 5.75 Å². The highest BCUT2D eigenvalue weighted by Crippen LogP contribution is 2.27. The Balaban J connectivity index is 1.51. The Labute approximate surface area is 170 Å². The van der Waals surface area contributed by atoms with Crippen LogP contribution in [0.3, 0.4) is 0 Å². The van der Waals surface area contributed by atoms with Gasteiger partial charge in [-0.05, 0) is 82.5 Å². The monoisotopic (exact) mass is 387 g/mol. The van der Waals surface area contributed by atoms with E-state index in [2.05, 4.69) is 43.6 Å². The zero-order valence-electron chi connectivity index (χ0n) is 17.6. The number of benzene rings is 1. The van der Waals surface area contributed by atoms with Crippen molar-refractivity contribution in [2.45, 2.75) is 38.1 Å². The summed E-state index contributed by atoms with van der Waals surface area (Å²) in [4.78, 5) is 9.55. The van der Waals surface area contributed by atoms with Crippen LogP contribution in [-0.2, 0) is 0 Å². The molecule has 156 valence electrons. The molecule has 1 aromatic rings. The fraction of sp³-hybridized carbons (Fsp3) is 0.682. The molecule has 6 heteroatoms. The number of aliphatic imine (C=N–C) groups is 1. The fourth-order valence-electron chi connectivity index (χ4n) is 4.29. The maximum Gasteiger partial charge on any atom is 0.191 e. The van der Waals surface area contributed by atoms with Crippen LogP contribution in [0.25, 0.3) is 0 Å². The number of rotatable bonds is 9. The second-order valence-electron chi connectivity index (χ2n) is 7.82. The number of nitrogens with one attached hydrogen (secondary N) is 2. The Hall–Kier alpha value is -1.79. The average Bonchev–Trinajstić information content (AvgIpc) is 3.44. The van der Waals surface area contributed by atoms with E-state index in [9.17, 15) is 0 Å². The molecule has 0 spiro atoms. The quantitative estimate of drug-likeness (QED) is 0.387. The molecule has 0 amide bonds. The lowest BCUT2D eigenvalue weighted by Gasteiger charge is -2.29. The molecule has 0 aliphatic carbocycles. The number of nitrogens with zero attached hydrogens (tertiary/aromatic N) is 3. The first-order chi connectivity index (χ1) is 13.8. The van der Waals surface area contributed by atoms with Gasteiger partial charge in [-0.1, -0.05) is 12.1 Å². The van der Waals surface area contributed by atoms with E-state index < -0.39 is 0 Å². The van der Waals surface area contributed by atoms with Crippen LogP contribution >= 0.6 is 0 Å². The minimum absolute atomic E-state index is 0.334. The van der Waals surface area contributed by atoms with Crippen LogP contribution in [0.4, 0.5) is 0 Å². The maximum atomic E-state index is 5.44. The van der Waals surface area contributed by atoms with Crippen molar-refractivity contribution in [3.8, 4) is 5.75 Å². The molecule has 2 N–H and O–H groups in total. The summed E-state index contributed by atoms with van der Waals surface area (Å²) in [6, 6.07) is 8.80. The van der Waals surface area contributed by atoms with Crippen molar-refractivity contribution in [2.24, 2.45) is 4.99 Å². The van der Waals surface area contributed by atoms with Crippen LogP contribution in [0.1, 0.15) is 43.7 Å². The van der Waals surface area contributed by atoms with Gasteiger partial charge in [0.05, 0.1) is 13.2 Å².